The largest absolute Gasteiger partial charge is 0.508 e. The molecular weight excluding hydrogens is 278 g/mol. The summed E-state index contributed by atoms with van der Waals surface area (Å²) < 4.78 is 1.09. The summed E-state index contributed by atoms with van der Waals surface area (Å²) >= 11 is 3.41. The molecule has 0 bridgehead atoms. The second kappa shape index (κ2) is 5.84. The first-order valence-electron chi connectivity index (χ1n) is 5.48. The molecule has 0 aliphatic rings. The normalized spacial score (nSPS) is 10.4. The fraction of sp³-hybridized carbons (Fsp3) is 0.143. The molecule has 2 N–H and O–H groups in total. The van der Waals surface area contributed by atoms with Crippen LogP contribution in [0.2, 0.25) is 0 Å². The van der Waals surface area contributed by atoms with Gasteiger partial charge >= 0.3 is 0 Å². The van der Waals surface area contributed by atoms with Crippen LogP contribution in [-0.4, -0.2) is 5.11 Å². The van der Waals surface area contributed by atoms with E-state index in [1.807, 2.05) is 30.3 Å². The van der Waals surface area contributed by atoms with Gasteiger partial charge in [-0.05, 0) is 23.8 Å². The number of halogens is 1. The summed E-state index contributed by atoms with van der Waals surface area (Å²) in [6, 6.07) is 15.6. The molecule has 0 spiro atoms. The Morgan fingerprint density at radius 3 is 2.35 bits per heavy atom. The minimum Gasteiger partial charge on any atom is -0.508 e. The highest BCUT2D eigenvalue weighted by atomic mass is 79.9. The van der Waals surface area contributed by atoms with Gasteiger partial charge in [0.15, 0.2) is 0 Å². The van der Waals surface area contributed by atoms with Crippen molar-refractivity contribution in [2.45, 2.75) is 13.1 Å². The predicted molar refractivity (Wildman–Crippen MR) is 72.8 cm³/mol. The Morgan fingerprint density at radius 1 is 0.941 bits per heavy atom. The highest BCUT2D eigenvalue weighted by Crippen LogP contribution is 2.15. The highest BCUT2D eigenvalue weighted by molar-refractivity contribution is 9.10. The number of nitrogens with one attached hydrogen (secondary N) is 1. The van der Waals surface area contributed by atoms with E-state index >= 15 is 0 Å². The van der Waals surface area contributed by atoms with Crippen LogP contribution in [-0.2, 0) is 13.1 Å². The molecule has 2 rings (SSSR count). The zero-order chi connectivity index (χ0) is 12.1. The van der Waals surface area contributed by atoms with Crippen molar-refractivity contribution in [3.05, 3.63) is 64.1 Å². The molecule has 88 valence electrons. The van der Waals surface area contributed by atoms with Gasteiger partial charge in [-0.1, -0.05) is 46.3 Å². The Hall–Kier alpha value is -1.32. The Labute approximate surface area is 109 Å². The zero-order valence-electron chi connectivity index (χ0n) is 9.36. The molecule has 0 fully saturated rings. The first-order valence-corrected chi connectivity index (χ1v) is 6.27. The molecule has 3 heteroatoms. The average molecular weight is 292 g/mol. The minimum absolute atomic E-state index is 0.343. The standard InChI is InChI=1S/C14H14BrNO/c15-13-7-5-11(6-8-13)9-16-10-12-3-1-2-4-14(12)17/h1-8,16-17H,9-10H2. The molecule has 0 atom stereocenters. The molecule has 0 aliphatic heterocycles. The van der Waals surface area contributed by atoms with Gasteiger partial charge in [-0.2, -0.15) is 0 Å². The van der Waals surface area contributed by atoms with E-state index in [1.54, 1.807) is 6.07 Å². The molecule has 0 aliphatic carbocycles. The van der Waals surface area contributed by atoms with E-state index in [0.29, 0.717) is 12.3 Å². The van der Waals surface area contributed by atoms with E-state index in [4.69, 9.17) is 0 Å². The van der Waals surface area contributed by atoms with Crippen LogP contribution in [0.25, 0.3) is 0 Å². The SMILES string of the molecule is Oc1ccccc1CNCc1ccc(Br)cc1. The van der Waals surface area contributed by atoms with Crippen molar-refractivity contribution >= 4 is 15.9 Å². The lowest BCUT2D eigenvalue weighted by Gasteiger charge is -2.06. The summed E-state index contributed by atoms with van der Waals surface area (Å²) in [6.07, 6.45) is 0. The van der Waals surface area contributed by atoms with Crippen molar-refractivity contribution in [1.82, 2.24) is 5.32 Å². The fourth-order valence-electron chi connectivity index (χ4n) is 1.60. The van der Waals surface area contributed by atoms with E-state index in [0.717, 1.165) is 16.6 Å². The molecule has 0 amide bonds. The predicted octanol–water partition coefficient (Wildman–Crippen LogP) is 3.44. The monoisotopic (exact) mass is 291 g/mol. The summed E-state index contributed by atoms with van der Waals surface area (Å²) in [6.45, 7) is 1.46. The Bertz CT molecular complexity index is 482. The quantitative estimate of drug-likeness (QED) is 0.904. The van der Waals surface area contributed by atoms with Crippen molar-refractivity contribution in [1.29, 1.82) is 0 Å². The van der Waals surface area contributed by atoms with Crippen molar-refractivity contribution in [2.24, 2.45) is 0 Å². The van der Waals surface area contributed by atoms with Crippen molar-refractivity contribution in [3.8, 4) is 5.75 Å². The van der Waals surface area contributed by atoms with Gasteiger partial charge in [0.05, 0.1) is 0 Å². The number of aromatic hydroxyl groups is 1. The maximum atomic E-state index is 9.60. The van der Waals surface area contributed by atoms with Crippen LogP contribution >= 0.6 is 15.9 Å². The third kappa shape index (κ3) is 3.58. The van der Waals surface area contributed by atoms with Gasteiger partial charge < -0.3 is 10.4 Å². The molecule has 0 unspecified atom stereocenters. The van der Waals surface area contributed by atoms with Gasteiger partial charge in [0.1, 0.15) is 5.75 Å². The molecule has 0 saturated heterocycles. The van der Waals surface area contributed by atoms with Crippen molar-refractivity contribution in [2.75, 3.05) is 0 Å². The van der Waals surface area contributed by atoms with Gasteiger partial charge in [0.2, 0.25) is 0 Å². The number of rotatable bonds is 4. The molecular formula is C14H14BrNO. The van der Waals surface area contributed by atoms with Crippen LogP contribution in [0.1, 0.15) is 11.1 Å². The van der Waals surface area contributed by atoms with Crippen LogP contribution in [0.15, 0.2) is 53.0 Å². The van der Waals surface area contributed by atoms with Crippen LogP contribution in [0.5, 0.6) is 5.75 Å². The number of para-hydroxylation sites is 1. The first kappa shape index (κ1) is 12.1. The Morgan fingerprint density at radius 2 is 1.65 bits per heavy atom. The summed E-state index contributed by atoms with van der Waals surface area (Å²) in [4.78, 5) is 0. The number of hydrogen-bond acceptors (Lipinski definition) is 2. The van der Waals surface area contributed by atoms with Crippen LogP contribution < -0.4 is 5.32 Å². The second-order valence-corrected chi connectivity index (χ2v) is 4.77. The third-order valence-corrected chi connectivity index (χ3v) is 3.08. The minimum atomic E-state index is 0.343. The second-order valence-electron chi connectivity index (χ2n) is 3.86. The van der Waals surface area contributed by atoms with Gasteiger partial charge in [0, 0.05) is 23.1 Å². The molecule has 0 heterocycles. The molecule has 2 aromatic carbocycles. The lowest BCUT2D eigenvalue weighted by molar-refractivity contribution is 0.464. The van der Waals surface area contributed by atoms with Crippen molar-refractivity contribution in [3.63, 3.8) is 0 Å². The summed E-state index contributed by atoms with van der Waals surface area (Å²) in [5, 5.41) is 12.9. The average Bonchev–Trinajstić information content (AvgIpc) is 2.34. The van der Waals surface area contributed by atoms with E-state index in [9.17, 15) is 5.11 Å². The summed E-state index contributed by atoms with van der Waals surface area (Å²) in [5.41, 5.74) is 2.15. The molecule has 0 radical (unpaired) electrons. The molecule has 17 heavy (non-hydrogen) atoms. The van der Waals surface area contributed by atoms with Gasteiger partial charge in [-0.3, -0.25) is 0 Å². The third-order valence-electron chi connectivity index (χ3n) is 2.55. The maximum absolute atomic E-state index is 9.60. The number of hydrogen-bond donors (Lipinski definition) is 2. The molecule has 0 aromatic heterocycles. The first-order chi connectivity index (χ1) is 8.25. The smallest absolute Gasteiger partial charge is 0.120 e. The number of phenols is 1. The van der Waals surface area contributed by atoms with E-state index in [2.05, 4.69) is 33.4 Å². The number of benzene rings is 2. The van der Waals surface area contributed by atoms with Crippen LogP contribution in [0, 0.1) is 0 Å². The maximum Gasteiger partial charge on any atom is 0.120 e. The van der Waals surface area contributed by atoms with Gasteiger partial charge in [-0.15, -0.1) is 0 Å². The molecule has 2 nitrogen and oxygen atoms in total. The van der Waals surface area contributed by atoms with Gasteiger partial charge in [-0.25, -0.2) is 0 Å². The Balaban J connectivity index is 1.88. The van der Waals surface area contributed by atoms with Crippen LogP contribution in [0.3, 0.4) is 0 Å². The Kier molecular flexibility index (Phi) is 4.18. The lowest BCUT2D eigenvalue weighted by Crippen LogP contribution is -2.12. The zero-order valence-corrected chi connectivity index (χ0v) is 10.9. The van der Waals surface area contributed by atoms with Crippen molar-refractivity contribution < 1.29 is 5.11 Å². The fourth-order valence-corrected chi connectivity index (χ4v) is 1.87. The van der Waals surface area contributed by atoms with E-state index < -0.39 is 0 Å². The van der Waals surface area contributed by atoms with E-state index in [1.165, 1.54) is 5.56 Å². The lowest BCUT2D eigenvalue weighted by atomic mass is 10.2. The summed E-state index contributed by atoms with van der Waals surface area (Å²) in [5.74, 6) is 0.343. The molecule has 0 saturated carbocycles. The highest BCUT2D eigenvalue weighted by Gasteiger charge is 1.98. The summed E-state index contributed by atoms with van der Waals surface area (Å²) in [7, 11) is 0. The number of phenolic OH excluding ortho intramolecular Hbond substituents is 1. The van der Waals surface area contributed by atoms with Gasteiger partial charge in [0.25, 0.3) is 0 Å². The topological polar surface area (TPSA) is 32.3 Å². The van der Waals surface area contributed by atoms with Crippen LogP contribution in [0.4, 0.5) is 0 Å². The molecule has 2 aromatic rings. The van der Waals surface area contributed by atoms with E-state index in [-0.39, 0.29) is 0 Å².